The van der Waals surface area contributed by atoms with E-state index < -0.39 is 0 Å². The molecule has 0 aromatic carbocycles. The minimum absolute atomic E-state index is 0.257. The molecule has 1 aromatic rings. The summed E-state index contributed by atoms with van der Waals surface area (Å²) in [5, 5.41) is 0. The molecular formula is C9H10Br2O2S. The quantitative estimate of drug-likeness (QED) is 0.605. The topological polar surface area (TPSA) is 26.3 Å². The van der Waals surface area contributed by atoms with E-state index in [1.54, 1.807) is 6.07 Å². The fourth-order valence-electron chi connectivity index (χ4n) is 0.866. The molecule has 0 aliphatic rings. The van der Waals surface area contributed by atoms with Crippen LogP contribution in [0.25, 0.3) is 0 Å². The number of rotatable bonds is 4. The highest BCUT2D eigenvalue weighted by Crippen LogP contribution is 2.32. The molecule has 0 unspecified atom stereocenters. The van der Waals surface area contributed by atoms with Gasteiger partial charge in [0.2, 0.25) is 0 Å². The van der Waals surface area contributed by atoms with E-state index in [0.29, 0.717) is 12.2 Å². The van der Waals surface area contributed by atoms with E-state index >= 15 is 0 Å². The van der Waals surface area contributed by atoms with Crippen molar-refractivity contribution in [2.24, 2.45) is 0 Å². The Balaban J connectivity index is 2.56. The van der Waals surface area contributed by atoms with Crippen molar-refractivity contribution < 1.29 is 9.53 Å². The molecule has 0 aliphatic carbocycles. The van der Waals surface area contributed by atoms with Crippen molar-refractivity contribution in [3.05, 3.63) is 19.2 Å². The van der Waals surface area contributed by atoms with Crippen LogP contribution < -0.4 is 0 Å². The van der Waals surface area contributed by atoms with Crippen LogP contribution in [-0.2, 0) is 4.74 Å². The van der Waals surface area contributed by atoms with Crippen LogP contribution in [-0.4, -0.2) is 12.6 Å². The summed E-state index contributed by atoms with van der Waals surface area (Å²) in [4.78, 5) is 11.5. The van der Waals surface area contributed by atoms with Gasteiger partial charge in [-0.3, -0.25) is 0 Å². The lowest BCUT2D eigenvalue weighted by Gasteiger charge is -2.01. The molecule has 0 N–H and O–H groups in total. The summed E-state index contributed by atoms with van der Waals surface area (Å²) in [5.74, 6) is -0.257. The molecule has 1 rings (SSSR count). The van der Waals surface area contributed by atoms with Gasteiger partial charge in [0.1, 0.15) is 0 Å². The zero-order valence-corrected chi connectivity index (χ0v) is 11.7. The molecule has 0 saturated heterocycles. The Bertz CT molecular complexity index is 323. The molecule has 0 fully saturated rings. The van der Waals surface area contributed by atoms with Gasteiger partial charge in [-0.2, -0.15) is 0 Å². The number of unbranched alkanes of at least 4 members (excludes halogenated alkanes) is 1. The second-order valence-electron chi connectivity index (χ2n) is 2.73. The van der Waals surface area contributed by atoms with Crippen LogP contribution in [0.5, 0.6) is 0 Å². The van der Waals surface area contributed by atoms with E-state index in [0.717, 1.165) is 20.4 Å². The van der Waals surface area contributed by atoms with Crippen LogP contribution in [0, 0.1) is 0 Å². The predicted octanol–water partition coefficient (Wildman–Crippen LogP) is 4.23. The molecule has 0 bridgehead atoms. The van der Waals surface area contributed by atoms with Gasteiger partial charge in [-0.15, -0.1) is 11.3 Å². The standard InChI is InChI=1S/C9H10Br2O2S/c1-2-3-4-13-9(12)6-5-7(10)14-8(6)11/h5H,2-4H2,1H3. The molecule has 78 valence electrons. The van der Waals surface area contributed by atoms with Gasteiger partial charge in [-0.1, -0.05) is 13.3 Å². The highest BCUT2D eigenvalue weighted by Gasteiger charge is 2.14. The maximum atomic E-state index is 11.5. The Labute approximate surface area is 104 Å². The highest BCUT2D eigenvalue weighted by atomic mass is 79.9. The summed E-state index contributed by atoms with van der Waals surface area (Å²) < 4.78 is 6.81. The van der Waals surface area contributed by atoms with Gasteiger partial charge in [-0.25, -0.2) is 4.79 Å². The molecular weight excluding hydrogens is 332 g/mol. The molecule has 2 nitrogen and oxygen atoms in total. The number of carbonyl (C=O) groups is 1. The third-order valence-electron chi connectivity index (χ3n) is 1.61. The summed E-state index contributed by atoms with van der Waals surface area (Å²) >= 11 is 8.10. The smallest absolute Gasteiger partial charge is 0.340 e. The Morgan fingerprint density at radius 3 is 2.79 bits per heavy atom. The van der Waals surface area contributed by atoms with Crippen molar-refractivity contribution in [2.75, 3.05) is 6.61 Å². The van der Waals surface area contributed by atoms with E-state index in [9.17, 15) is 4.79 Å². The average molecular weight is 342 g/mol. The maximum Gasteiger partial charge on any atom is 0.340 e. The van der Waals surface area contributed by atoms with E-state index in [1.807, 2.05) is 0 Å². The first-order valence-electron chi connectivity index (χ1n) is 4.27. The Morgan fingerprint density at radius 2 is 2.29 bits per heavy atom. The van der Waals surface area contributed by atoms with Gasteiger partial charge >= 0.3 is 5.97 Å². The first-order valence-corrected chi connectivity index (χ1v) is 6.67. The van der Waals surface area contributed by atoms with Gasteiger partial charge in [0.25, 0.3) is 0 Å². The molecule has 0 aliphatic heterocycles. The second-order valence-corrected chi connectivity index (χ2v) is 6.48. The zero-order chi connectivity index (χ0) is 10.6. The third kappa shape index (κ3) is 3.37. The number of ether oxygens (including phenoxy) is 1. The Morgan fingerprint density at radius 1 is 1.57 bits per heavy atom. The van der Waals surface area contributed by atoms with Crippen molar-refractivity contribution in [3.8, 4) is 0 Å². The van der Waals surface area contributed by atoms with E-state index in [-0.39, 0.29) is 5.97 Å². The zero-order valence-electron chi connectivity index (χ0n) is 7.68. The van der Waals surface area contributed by atoms with Crippen molar-refractivity contribution in [1.82, 2.24) is 0 Å². The molecule has 0 atom stereocenters. The van der Waals surface area contributed by atoms with Gasteiger partial charge in [0.05, 0.1) is 19.7 Å². The number of halogens is 2. The summed E-state index contributed by atoms with van der Waals surface area (Å²) in [6, 6.07) is 1.77. The van der Waals surface area contributed by atoms with Crippen LogP contribution in [0.2, 0.25) is 0 Å². The van der Waals surface area contributed by atoms with E-state index in [1.165, 1.54) is 11.3 Å². The summed E-state index contributed by atoms with van der Waals surface area (Å²) in [5.41, 5.74) is 0.595. The number of hydrogen-bond acceptors (Lipinski definition) is 3. The lowest BCUT2D eigenvalue weighted by Crippen LogP contribution is -2.05. The van der Waals surface area contributed by atoms with Crippen LogP contribution >= 0.6 is 43.2 Å². The van der Waals surface area contributed by atoms with Crippen molar-refractivity contribution in [3.63, 3.8) is 0 Å². The molecule has 5 heteroatoms. The van der Waals surface area contributed by atoms with E-state index in [4.69, 9.17) is 4.74 Å². The summed E-state index contributed by atoms with van der Waals surface area (Å²) in [6.45, 7) is 2.56. The lowest BCUT2D eigenvalue weighted by atomic mass is 10.3. The maximum absolute atomic E-state index is 11.5. The summed E-state index contributed by atoms with van der Waals surface area (Å²) in [7, 11) is 0. The third-order valence-corrected chi connectivity index (χ3v) is 3.95. The average Bonchev–Trinajstić information content (AvgIpc) is 2.45. The van der Waals surface area contributed by atoms with Crippen molar-refractivity contribution >= 4 is 49.2 Å². The molecule has 1 aromatic heterocycles. The highest BCUT2D eigenvalue weighted by molar-refractivity contribution is 9.12. The van der Waals surface area contributed by atoms with Gasteiger partial charge in [-0.05, 0) is 44.3 Å². The number of thiophene rings is 1. The van der Waals surface area contributed by atoms with Gasteiger partial charge < -0.3 is 4.74 Å². The van der Waals surface area contributed by atoms with Crippen LogP contribution in [0.1, 0.15) is 30.1 Å². The van der Waals surface area contributed by atoms with Crippen molar-refractivity contribution in [2.45, 2.75) is 19.8 Å². The first-order chi connectivity index (χ1) is 6.65. The molecule has 0 saturated carbocycles. The van der Waals surface area contributed by atoms with Crippen LogP contribution in [0.3, 0.4) is 0 Å². The minimum Gasteiger partial charge on any atom is -0.462 e. The second kappa shape index (κ2) is 5.88. The summed E-state index contributed by atoms with van der Waals surface area (Å²) in [6.07, 6.45) is 1.94. The molecule has 1 heterocycles. The lowest BCUT2D eigenvalue weighted by molar-refractivity contribution is 0.0499. The van der Waals surface area contributed by atoms with Crippen LogP contribution in [0.4, 0.5) is 0 Å². The molecule has 0 radical (unpaired) electrons. The predicted molar refractivity (Wildman–Crippen MR) is 64.9 cm³/mol. The van der Waals surface area contributed by atoms with Gasteiger partial charge in [0, 0.05) is 0 Å². The SMILES string of the molecule is CCCCOC(=O)c1cc(Br)sc1Br. The number of esters is 1. The van der Waals surface area contributed by atoms with Gasteiger partial charge in [0.15, 0.2) is 0 Å². The fraction of sp³-hybridized carbons (Fsp3) is 0.444. The fourth-order valence-corrected chi connectivity index (χ4v) is 3.63. The van der Waals surface area contributed by atoms with E-state index in [2.05, 4.69) is 38.8 Å². The number of carbonyl (C=O) groups excluding carboxylic acids is 1. The Kier molecular flexibility index (Phi) is 5.12. The van der Waals surface area contributed by atoms with Crippen molar-refractivity contribution in [1.29, 1.82) is 0 Å². The normalized spacial score (nSPS) is 10.2. The monoisotopic (exact) mass is 340 g/mol. The first kappa shape index (κ1) is 12.2. The molecule has 14 heavy (non-hydrogen) atoms. The Hall–Kier alpha value is 0.130. The number of hydrogen-bond donors (Lipinski definition) is 0. The van der Waals surface area contributed by atoms with Crippen LogP contribution in [0.15, 0.2) is 13.6 Å². The molecule has 0 amide bonds. The largest absolute Gasteiger partial charge is 0.462 e. The molecule has 0 spiro atoms. The minimum atomic E-state index is -0.257.